The van der Waals surface area contributed by atoms with Crippen LogP contribution in [-0.4, -0.2) is 44.5 Å². The Morgan fingerprint density at radius 3 is 2.58 bits per heavy atom. The van der Waals surface area contributed by atoms with Gasteiger partial charge in [-0.3, -0.25) is 14.5 Å². The molecule has 6 nitrogen and oxygen atoms in total. The van der Waals surface area contributed by atoms with Crippen molar-refractivity contribution < 1.29 is 18.7 Å². The Morgan fingerprint density at radius 2 is 1.92 bits per heavy atom. The van der Waals surface area contributed by atoms with E-state index in [1.54, 1.807) is 56.4 Å². The van der Waals surface area contributed by atoms with Crippen LogP contribution in [0.5, 0.6) is 5.75 Å². The van der Waals surface area contributed by atoms with E-state index in [1.807, 2.05) is 0 Å². The quantitative estimate of drug-likeness (QED) is 0.913. The normalized spacial score (nSPS) is 14.7. The number of hydrogen-bond donors (Lipinski definition) is 1. The molecule has 7 heteroatoms. The molecule has 0 radical (unpaired) electrons. The van der Waals surface area contributed by atoms with E-state index in [4.69, 9.17) is 4.74 Å². The van der Waals surface area contributed by atoms with Crippen LogP contribution in [-0.2, 0) is 9.59 Å². The second-order valence-corrected chi connectivity index (χ2v) is 6.33. The van der Waals surface area contributed by atoms with Gasteiger partial charge in [0, 0.05) is 12.7 Å². The molecule has 1 heterocycles. The number of fused-ring (bicyclic) bond motifs is 1. The fourth-order valence-electron chi connectivity index (χ4n) is 2.89. The topological polar surface area (TPSA) is 61.9 Å². The maximum Gasteiger partial charge on any atom is 0.264 e. The number of nitrogens with one attached hydrogen (secondary N) is 1. The van der Waals surface area contributed by atoms with Crippen molar-refractivity contribution in [2.24, 2.45) is 0 Å². The highest BCUT2D eigenvalue weighted by Gasteiger charge is 2.25. The molecule has 2 aromatic rings. The Bertz CT molecular complexity index is 836. The Kier molecular flexibility index (Phi) is 4.90. The standard InChI is InChI=1S/C19H20FN3O3/c1-22(2)18(12-4-6-13(20)7-5-12)19(25)21-14-8-9-16-15(10-14)23(3)17(24)11-26-16/h4-10,18H,11H2,1-3H3,(H,21,25)/t18-/m0/s1. The highest BCUT2D eigenvalue weighted by molar-refractivity contribution is 6.00. The predicted molar refractivity (Wildman–Crippen MR) is 96.8 cm³/mol. The van der Waals surface area contributed by atoms with Crippen molar-refractivity contribution >= 4 is 23.2 Å². The molecule has 0 bridgehead atoms. The summed E-state index contributed by atoms with van der Waals surface area (Å²) in [6.07, 6.45) is 0. The summed E-state index contributed by atoms with van der Waals surface area (Å²) in [6.45, 7) is 0.00246. The molecule has 136 valence electrons. The van der Waals surface area contributed by atoms with Gasteiger partial charge in [0.2, 0.25) is 5.91 Å². The summed E-state index contributed by atoms with van der Waals surface area (Å²) in [4.78, 5) is 27.8. The van der Waals surface area contributed by atoms with Crippen LogP contribution in [0.15, 0.2) is 42.5 Å². The summed E-state index contributed by atoms with van der Waals surface area (Å²) < 4.78 is 18.6. The molecule has 0 fully saturated rings. The third-order valence-corrected chi connectivity index (χ3v) is 4.26. The first-order valence-corrected chi connectivity index (χ1v) is 8.13. The van der Waals surface area contributed by atoms with Crippen LogP contribution in [0.4, 0.5) is 15.8 Å². The molecule has 1 atom stereocenters. The predicted octanol–water partition coefficient (Wildman–Crippen LogP) is 2.42. The Morgan fingerprint density at radius 1 is 1.23 bits per heavy atom. The van der Waals surface area contributed by atoms with E-state index in [-0.39, 0.29) is 24.2 Å². The maximum atomic E-state index is 13.2. The first kappa shape index (κ1) is 17.9. The first-order chi connectivity index (χ1) is 12.4. The number of hydrogen-bond acceptors (Lipinski definition) is 4. The molecule has 3 rings (SSSR count). The second kappa shape index (κ2) is 7.13. The highest BCUT2D eigenvalue weighted by atomic mass is 19.1. The van der Waals surface area contributed by atoms with Crippen molar-refractivity contribution in [3.63, 3.8) is 0 Å². The summed E-state index contributed by atoms with van der Waals surface area (Å²) in [5.41, 5.74) is 1.83. The molecule has 1 aliphatic heterocycles. The van der Waals surface area contributed by atoms with E-state index in [0.717, 1.165) is 0 Å². The largest absolute Gasteiger partial charge is 0.482 e. The number of benzene rings is 2. The highest BCUT2D eigenvalue weighted by Crippen LogP contribution is 2.34. The monoisotopic (exact) mass is 357 g/mol. The Hall–Kier alpha value is -2.93. The number of anilines is 2. The molecule has 2 aromatic carbocycles. The van der Waals surface area contributed by atoms with Crippen LogP contribution in [0.1, 0.15) is 11.6 Å². The van der Waals surface area contributed by atoms with Crippen molar-refractivity contribution in [3.8, 4) is 5.75 Å². The van der Waals surface area contributed by atoms with Gasteiger partial charge in [-0.2, -0.15) is 0 Å². The smallest absolute Gasteiger partial charge is 0.264 e. The van der Waals surface area contributed by atoms with Crippen molar-refractivity contribution in [1.82, 2.24) is 4.90 Å². The van der Waals surface area contributed by atoms with Crippen LogP contribution in [0, 0.1) is 5.82 Å². The minimum absolute atomic E-state index is 0.00246. The molecule has 26 heavy (non-hydrogen) atoms. The van der Waals surface area contributed by atoms with Gasteiger partial charge in [-0.25, -0.2) is 4.39 Å². The zero-order valence-corrected chi connectivity index (χ0v) is 14.8. The van der Waals surface area contributed by atoms with Crippen molar-refractivity contribution in [1.29, 1.82) is 0 Å². The third-order valence-electron chi connectivity index (χ3n) is 4.26. The molecule has 0 saturated carbocycles. The Balaban J connectivity index is 1.84. The number of likely N-dealkylation sites (N-methyl/N-ethyl adjacent to an activating group) is 2. The van der Waals surface area contributed by atoms with E-state index in [1.165, 1.54) is 17.0 Å². The first-order valence-electron chi connectivity index (χ1n) is 8.13. The fraction of sp³-hybridized carbons (Fsp3) is 0.263. The second-order valence-electron chi connectivity index (χ2n) is 6.33. The van der Waals surface area contributed by atoms with Gasteiger partial charge in [0.05, 0.1) is 5.69 Å². The van der Waals surface area contributed by atoms with E-state index in [0.29, 0.717) is 22.7 Å². The summed E-state index contributed by atoms with van der Waals surface area (Å²) in [7, 11) is 5.22. The number of carbonyl (C=O) groups excluding carboxylic acids is 2. The number of carbonyl (C=O) groups is 2. The lowest BCUT2D eigenvalue weighted by atomic mass is 10.0. The van der Waals surface area contributed by atoms with E-state index in [2.05, 4.69) is 5.32 Å². The third kappa shape index (κ3) is 3.52. The van der Waals surface area contributed by atoms with E-state index < -0.39 is 6.04 Å². The lowest BCUT2D eigenvalue weighted by molar-refractivity contribution is -0.121. The minimum Gasteiger partial charge on any atom is -0.482 e. The van der Waals surface area contributed by atoms with Crippen LogP contribution in [0.25, 0.3) is 0 Å². The molecule has 1 aliphatic rings. The molecule has 0 spiro atoms. The number of amides is 2. The van der Waals surface area contributed by atoms with Crippen molar-refractivity contribution in [2.75, 3.05) is 38.0 Å². The number of nitrogens with zero attached hydrogens (tertiary/aromatic N) is 2. The van der Waals surface area contributed by atoms with Gasteiger partial charge in [0.1, 0.15) is 17.6 Å². The number of ether oxygens (including phenoxy) is 1. The Labute approximate surface area is 151 Å². The number of halogens is 1. The molecule has 2 amide bonds. The average molecular weight is 357 g/mol. The fourth-order valence-corrected chi connectivity index (χ4v) is 2.89. The van der Waals surface area contributed by atoms with Gasteiger partial charge in [-0.15, -0.1) is 0 Å². The van der Waals surface area contributed by atoms with Crippen molar-refractivity contribution in [3.05, 3.63) is 53.8 Å². The zero-order valence-electron chi connectivity index (χ0n) is 14.8. The molecule has 0 aromatic heterocycles. The molecule has 0 saturated heterocycles. The van der Waals surface area contributed by atoms with Crippen LogP contribution in [0.2, 0.25) is 0 Å². The lowest BCUT2D eigenvalue weighted by Gasteiger charge is -2.27. The van der Waals surface area contributed by atoms with Gasteiger partial charge in [0.15, 0.2) is 6.61 Å². The van der Waals surface area contributed by atoms with Crippen LogP contribution in [0.3, 0.4) is 0 Å². The van der Waals surface area contributed by atoms with E-state index >= 15 is 0 Å². The summed E-state index contributed by atoms with van der Waals surface area (Å²) in [5.74, 6) is -0.174. The average Bonchev–Trinajstić information content (AvgIpc) is 2.60. The minimum atomic E-state index is -0.581. The van der Waals surface area contributed by atoms with Crippen molar-refractivity contribution in [2.45, 2.75) is 6.04 Å². The van der Waals surface area contributed by atoms with Crippen LogP contribution < -0.4 is 15.0 Å². The number of rotatable bonds is 4. The molecular weight excluding hydrogens is 337 g/mol. The van der Waals surface area contributed by atoms with Gasteiger partial charge in [-0.05, 0) is 50.0 Å². The lowest BCUT2D eigenvalue weighted by Crippen LogP contribution is -2.35. The summed E-state index contributed by atoms with van der Waals surface area (Å²) in [5, 5.41) is 2.85. The van der Waals surface area contributed by atoms with Crippen LogP contribution >= 0.6 is 0 Å². The molecular formula is C19H20FN3O3. The maximum absolute atomic E-state index is 13.2. The van der Waals surface area contributed by atoms with Gasteiger partial charge in [0.25, 0.3) is 5.91 Å². The molecule has 0 unspecified atom stereocenters. The summed E-state index contributed by atoms with van der Waals surface area (Å²) in [6, 6.07) is 10.4. The summed E-state index contributed by atoms with van der Waals surface area (Å²) >= 11 is 0. The zero-order chi connectivity index (χ0) is 18.8. The van der Waals surface area contributed by atoms with Gasteiger partial charge in [-0.1, -0.05) is 12.1 Å². The molecule has 0 aliphatic carbocycles. The van der Waals surface area contributed by atoms with Gasteiger partial charge < -0.3 is 15.0 Å². The van der Waals surface area contributed by atoms with E-state index in [9.17, 15) is 14.0 Å². The van der Waals surface area contributed by atoms with Gasteiger partial charge >= 0.3 is 0 Å². The SMILES string of the molecule is CN1C(=O)COc2ccc(NC(=O)[C@H](c3ccc(F)cc3)N(C)C)cc21. The molecule has 1 N–H and O–H groups in total.